The molecule has 2 aliphatic rings. The molecule has 0 amide bonds. The average Bonchev–Trinajstić information content (AvgIpc) is 3.50. The van der Waals surface area contributed by atoms with Crippen molar-refractivity contribution >= 4 is 22.5 Å². The van der Waals surface area contributed by atoms with Crippen LogP contribution in [0, 0.1) is 12.8 Å². The Morgan fingerprint density at radius 1 is 1.15 bits per heavy atom. The molecule has 1 saturated heterocycles. The molecule has 1 aromatic carbocycles. The van der Waals surface area contributed by atoms with E-state index in [1.165, 1.54) is 40.6 Å². The molecule has 1 N–H and O–H groups in total. The monoisotopic (exact) mass is 541 g/mol. The second-order valence-corrected chi connectivity index (χ2v) is 13.4. The molecule has 0 unspecified atom stereocenters. The average molecular weight is 542 g/mol. The highest BCUT2D eigenvalue weighted by atomic mass is 16.6. The Morgan fingerprint density at radius 2 is 1.90 bits per heavy atom. The third kappa shape index (κ3) is 5.28. The lowest BCUT2D eigenvalue weighted by atomic mass is 9.76. The molecule has 0 atom stereocenters. The van der Waals surface area contributed by atoms with Gasteiger partial charge < -0.3 is 14.6 Å². The van der Waals surface area contributed by atoms with Crippen molar-refractivity contribution < 1.29 is 9.53 Å². The van der Waals surface area contributed by atoms with Crippen LogP contribution in [-0.4, -0.2) is 55.2 Å². The number of nitrogens with zero attached hydrogens (tertiary/aromatic N) is 4. The number of benzene rings is 1. The maximum absolute atomic E-state index is 12.2. The summed E-state index contributed by atoms with van der Waals surface area (Å²) >= 11 is 0. The first-order valence-corrected chi connectivity index (χ1v) is 15.0. The van der Waals surface area contributed by atoms with E-state index in [9.17, 15) is 4.79 Å². The van der Waals surface area contributed by atoms with Gasteiger partial charge in [-0.1, -0.05) is 19.9 Å². The van der Waals surface area contributed by atoms with Gasteiger partial charge in [0.25, 0.3) is 0 Å². The summed E-state index contributed by atoms with van der Waals surface area (Å²) in [5.74, 6) is 1.41. The van der Waals surface area contributed by atoms with E-state index in [1.807, 2.05) is 25.3 Å². The van der Waals surface area contributed by atoms with Crippen LogP contribution in [0.25, 0.3) is 27.8 Å². The number of fused-ring (bicyclic) bond motifs is 2. The molecule has 0 radical (unpaired) electrons. The van der Waals surface area contributed by atoms with Crippen molar-refractivity contribution in [3.05, 3.63) is 53.5 Å². The third-order valence-electron chi connectivity index (χ3n) is 8.89. The third-order valence-corrected chi connectivity index (χ3v) is 8.89. The number of aryl methyl sites for hydroxylation is 1. The number of nitrogens with one attached hydrogen (secondary N) is 1. The zero-order chi connectivity index (χ0) is 28.2. The van der Waals surface area contributed by atoms with Crippen LogP contribution in [0.15, 0.2) is 36.8 Å². The van der Waals surface area contributed by atoms with Crippen molar-refractivity contribution in [3.63, 3.8) is 0 Å². The zero-order valence-corrected chi connectivity index (χ0v) is 24.8. The first-order valence-electron chi connectivity index (χ1n) is 15.0. The molecule has 1 aliphatic carbocycles. The van der Waals surface area contributed by atoms with Crippen LogP contribution in [0.3, 0.4) is 0 Å². The van der Waals surface area contributed by atoms with Crippen LogP contribution in [-0.2, 0) is 9.53 Å². The van der Waals surface area contributed by atoms with Crippen molar-refractivity contribution in [2.75, 3.05) is 13.1 Å². The molecule has 7 heteroatoms. The van der Waals surface area contributed by atoms with Gasteiger partial charge in [-0.25, -0.2) is 9.50 Å². The van der Waals surface area contributed by atoms with Crippen LogP contribution in [0.5, 0.6) is 0 Å². The minimum atomic E-state index is -0.395. The normalized spacial score (nSPS) is 20.9. The van der Waals surface area contributed by atoms with Crippen molar-refractivity contribution in [2.24, 2.45) is 5.92 Å². The SMILES string of the molecule is Cc1cc(-c2[nH]c3ccc(C4CCN(C5CC(CC(=O)OC(C)(C)C)C5)CC4)cc3c2C(C)C)cn2ncnc12. The van der Waals surface area contributed by atoms with Gasteiger partial charge in [0.05, 0.1) is 5.69 Å². The molecule has 1 aliphatic heterocycles. The maximum atomic E-state index is 12.2. The molecular formula is C33H43N5O2. The standard InChI is InChI=1S/C33H43N5O2/c1-20(2)30-27-17-24(7-8-28(27)36-31(30)25-13-21(3)32-34-19-35-38(32)18-25)23-9-11-37(12-10-23)26-14-22(15-26)16-29(39)40-33(4,5)6/h7-8,13,17-20,22-23,26,36H,9-12,14-16H2,1-6H3. The van der Waals surface area contributed by atoms with Gasteiger partial charge in [-0.15, -0.1) is 0 Å². The molecule has 4 aromatic rings. The fourth-order valence-electron chi connectivity index (χ4n) is 6.92. The lowest BCUT2D eigenvalue weighted by Crippen LogP contribution is -2.48. The molecule has 4 heterocycles. The number of carbonyl (C=O) groups excluding carboxylic acids is 1. The fraction of sp³-hybridized carbons (Fsp3) is 0.545. The smallest absolute Gasteiger partial charge is 0.306 e. The number of hydrogen-bond donors (Lipinski definition) is 1. The summed E-state index contributed by atoms with van der Waals surface area (Å²) < 4.78 is 7.40. The topological polar surface area (TPSA) is 75.5 Å². The van der Waals surface area contributed by atoms with Crippen molar-refractivity contribution in [3.8, 4) is 11.3 Å². The Hall–Kier alpha value is -3.19. The number of aromatic nitrogens is 4. The highest BCUT2D eigenvalue weighted by Gasteiger charge is 2.37. The Labute approximate surface area is 237 Å². The molecule has 3 aromatic heterocycles. The van der Waals surface area contributed by atoms with Gasteiger partial charge in [0.15, 0.2) is 5.65 Å². The second-order valence-electron chi connectivity index (χ2n) is 13.4. The second kappa shape index (κ2) is 10.3. The minimum absolute atomic E-state index is 0.0483. The van der Waals surface area contributed by atoms with E-state index < -0.39 is 5.60 Å². The van der Waals surface area contributed by atoms with Gasteiger partial charge in [0.2, 0.25) is 0 Å². The van der Waals surface area contributed by atoms with E-state index in [0.29, 0.717) is 30.2 Å². The summed E-state index contributed by atoms with van der Waals surface area (Å²) in [4.78, 5) is 23.0. The summed E-state index contributed by atoms with van der Waals surface area (Å²) in [5.41, 5.74) is 7.99. The summed E-state index contributed by atoms with van der Waals surface area (Å²) in [7, 11) is 0. The number of aromatic amines is 1. The summed E-state index contributed by atoms with van der Waals surface area (Å²) in [6, 6.07) is 9.91. The van der Waals surface area contributed by atoms with E-state index in [2.05, 4.69) is 71.2 Å². The zero-order valence-electron chi connectivity index (χ0n) is 24.8. The lowest BCUT2D eigenvalue weighted by molar-refractivity contribution is -0.157. The first kappa shape index (κ1) is 27.0. The van der Waals surface area contributed by atoms with Gasteiger partial charge in [-0.3, -0.25) is 4.79 Å². The summed E-state index contributed by atoms with van der Waals surface area (Å²) in [6.45, 7) is 14.8. The van der Waals surface area contributed by atoms with Crippen molar-refractivity contribution in [1.82, 2.24) is 24.5 Å². The number of likely N-dealkylation sites (tertiary alicyclic amines) is 1. The molecule has 7 nitrogen and oxygen atoms in total. The van der Waals surface area contributed by atoms with Crippen LogP contribution < -0.4 is 0 Å². The quantitative estimate of drug-likeness (QED) is 0.266. The predicted octanol–water partition coefficient (Wildman–Crippen LogP) is 7.00. The molecule has 212 valence electrons. The number of hydrogen-bond acceptors (Lipinski definition) is 5. The Kier molecular flexibility index (Phi) is 6.97. The van der Waals surface area contributed by atoms with Crippen molar-refractivity contribution in [2.45, 2.75) is 97.1 Å². The number of rotatable bonds is 6. The Bertz CT molecular complexity index is 1530. The van der Waals surface area contributed by atoms with Gasteiger partial charge in [-0.2, -0.15) is 5.10 Å². The van der Waals surface area contributed by atoms with E-state index in [-0.39, 0.29) is 5.97 Å². The fourth-order valence-corrected chi connectivity index (χ4v) is 6.92. The summed E-state index contributed by atoms with van der Waals surface area (Å²) in [6.07, 6.45) is 8.89. The summed E-state index contributed by atoms with van der Waals surface area (Å²) in [5, 5.41) is 5.73. The number of piperidine rings is 1. The predicted molar refractivity (Wildman–Crippen MR) is 160 cm³/mol. The van der Waals surface area contributed by atoms with E-state index in [0.717, 1.165) is 42.7 Å². The highest BCUT2D eigenvalue weighted by Crippen LogP contribution is 2.41. The van der Waals surface area contributed by atoms with Crippen LogP contribution in [0.2, 0.25) is 0 Å². The van der Waals surface area contributed by atoms with Gasteiger partial charge >= 0.3 is 5.97 Å². The van der Waals surface area contributed by atoms with Crippen LogP contribution >= 0.6 is 0 Å². The molecule has 6 rings (SSSR count). The highest BCUT2D eigenvalue weighted by molar-refractivity contribution is 5.92. The van der Waals surface area contributed by atoms with Crippen molar-refractivity contribution in [1.29, 1.82) is 0 Å². The Morgan fingerprint density at radius 3 is 2.60 bits per heavy atom. The van der Waals surface area contributed by atoms with E-state index in [1.54, 1.807) is 6.33 Å². The lowest BCUT2D eigenvalue weighted by Gasteiger charge is -2.45. The molecule has 0 bridgehead atoms. The van der Waals surface area contributed by atoms with E-state index >= 15 is 0 Å². The largest absolute Gasteiger partial charge is 0.460 e. The minimum Gasteiger partial charge on any atom is -0.460 e. The van der Waals surface area contributed by atoms with Crippen LogP contribution in [0.4, 0.5) is 0 Å². The number of pyridine rings is 1. The number of esters is 1. The van der Waals surface area contributed by atoms with Crippen LogP contribution in [0.1, 0.15) is 95.2 Å². The van der Waals surface area contributed by atoms with E-state index in [4.69, 9.17) is 4.74 Å². The van der Waals surface area contributed by atoms with Gasteiger partial charge in [-0.05, 0) is 119 Å². The molecule has 0 spiro atoms. The molecule has 2 fully saturated rings. The molecular weight excluding hydrogens is 498 g/mol. The Balaban J connectivity index is 1.14. The number of ether oxygens (including phenoxy) is 1. The molecule has 40 heavy (non-hydrogen) atoms. The maximum Gasteiger partial charge on any atom is 0.306 e. The van der Waals surface area contributed by atoms with Gasteiger partial charge in [0.1, 0.15) is 11.9 Å². The number of carbonyl (C=O) groups is 1. The van der Waals surface area contributed by atoms with Gasteiger partial charge in [0, 0.05) is 35.1 Å². The number of H-pyrrole nitrogens is 1. The molecule has 1 saturated carbocycles. The first-order chi connectivity index (χ1) is 19.1.